The van der Waals surface area contributed by atoms with E-state index in [1.54, 1.807) is 29.2 Å². The maximum absolute atomic E-state index is 13.0. The standard InChI is InChI=1S/C19H23ClN4O3S/c1-23(2)17-9-8-14(28(26,27)24-11-4-3-5-12-24)13-16(17)22-19(25)15-7-6-10-21-18(15)20/h6-10,13H,3-5,11-12H2,1-2H3,(H,22,25). The minimum absolute atomic E-state index is 0.0866. The number of hydrogen-bond acceptors (Lipinski definition) is 5. The van der Waals surface area contributed by atoms with Gasteiger partial charge >= 0.3 is 0 Å². The van der Waals surface area contributed by atoms with Crippen LogP contribution in [-0.2, 0) is 10.0 Å². The number of nitrogens with one attached hydrogen (secondary N) is 1. The molecule has 1 aromatic heterocycles. The number of amides is 1. The van der Waals surface area contributed by atoms with Gasteiger partial charge in [0.25, 0.3) is 5.91 Å². The summed E-state index contributed by atoms with van der Waals surface area (Å²) in [5, 5.41) is 2.86. The summed E-state index contributed by atoms with van der Waals surface area (Å²) in [6.07, 6.45) is 4.26. The summed E-state index contributed by atoms with van der Waals surface area (Å²) in [5.41, 5.74) is 1.30. The van der Waals surface area contributed by atoms with E-state index in [-0.39, 0.29) is 15.6 Å². The summed E-state index contributed by atoms with van der Waals surface area (Å²) in [6, 6.07) is 7.95. The third kappa shape index (κ3) is 4.29. The van der Waals surface area contributed by atoms with E-state index in [0.29, 0.717) is 24.5 Å². The molecule has 2 aromatic rings. The third-order valence-electron chi connectivity index (χ3n) is 4.65. The molecule has 9 heteroatoms. The Morgan fingerprint density at radius 1 is 1.18 bits per heavy atom. The number of anilines is 2. The van der Waals surface area contributed by atoms with Crippen molar-refractivity contribution < 1.29 is 13.2 Å². The zero-order valence-electron chi connectivity index (χ0n) is 15.9. The average molecular weight is 423 g/mol. The monoisotopic (exact) mass is 422 g/mol. The van der Waals surface area contributed by atoms with Gasteiger partial charge in [0.05, 0.1) is 21.8 Å². The van der Waals surface area contributed by atoms with E-state index in [9.17, 15) is 13.2 Å². The molecule has 1 amide bonds. The zero-order valence-corrected chi connectivity index (χ0v) is 17.4. The minimum Gasteiger partial charge on any atom is -0.376 e. The van der Waals surface area contributed by atoms with Crippen LogP contribution in [0, 0.1) is 0 Å². The molecule has 1 fully saturated rings. The fourth-order valence-electron chi connectivity index (χ4n) is 3.17. The number of rotatable bonds is 5. The molecular weight excluding hydrogens is 400 g/mol. The van der Waals surface area contributed by atoms with Crippen molar-refractivity contribution in [2.75, 3.05) is 37.4 Å². The quantitative estimate of drug-likeness (QED) is 0.748. The number of sulfonamides is 1. The number of nitrogens with zero attached hydrogens (tertiary/aromatic N) is 3. The van der Waals surface area contributed by atoms with E-state index < -0.39 is 15.9 Å². The van der Waals surface area contributed by atoms with Crippen LogP contribution in [0.2, 0.25) is 5.15 Å². The van der Waals surface area contributed by atoms with Gasteiger partial charge in [0.1, 0.15) is 5.15 Å². The highest BCUT2D eigenvalue weighted by Gasteiger charge is 2.27. The van der Waals surface area contributed by atoms with Crippen LogP contribution in [0.3, 0.4) is 0 Å². The molecule has 0 radical (unpaired) electrons. The van der Waals surface area contributed by atoms with Crippen LogP contribution in [0.1, 0.15) is 29.6 Å². The van der Waals surface area contributed by atoms with E-state index in [1.807, 2.05) is 14.1 Å². The van der Waals surface area contributed by atoms with E-state index in [0.717, 1.165) is 19.3 Å². The summed E-state index contributed by atoms with van der Waals surface area (Å²) in [6.45, 7) is 1.04. The Morgan fingerprint density at radius 2 is 1.89 bits per heavy atom. The average Bonchev–Trinajstić information content (AvgIpc) is 2.68. The summed E-state index contributed by atoms with van der Waals surface area (Å²) < 4.78 is 27.5. The molecule has 0 unspecified atom stereocenters. The van der Waals surface area contributed by atoms with E-state index >= 15 is 0 Å². The second kappa shape index (κ2) is 8.46. The summed E-state index contributed by atoms with van der Waals surface area (Å²) in [4.78, 5) is 18.5. The normalized spacial score (nSPS) is 15.2. The van der Waals surface area contributed by atoms with Crippen LogP contribution in [0.15, 0.2) is 41.4 Å². The van der Waals surface area contributed by atoms with Gasteiger partial charge in [0, 0.05) is 33.4 Å². The number of piperidine rings is 1. The van der Waals surface area contributed by atoms with Crippen LogP contribution >= 0.6 is 11.6 Å². The molecule has 150 valence electrons. The lowest BCUT2D eigenvalue weighted by Gasteiger charge is -2.26. The van der Waals surface area contributed by atoms with Crippen molar-refractivity contribution in [1.82, 2.24) is 9.29 Å². The Balaban J connectivity index is 1.96. The first kappa shape index (κ1) is 20.6. The topological polar surface area (TPSA) is 82.6 Å². The number of carbonyl (C=O) groups is 1. The molecule has 1 aromatic carbocycles. The smallest absolute Gasteiger partial charge is 0.258 e. The van der Waals surface area contributed by atoms with Gasteiger partial charge in [0.15, 0.2) is 0 Å². The summed E-state index contributed by atoms with van der Waals surface area (Å²) in [7, 11) is 0.0301. The summed E-state index contributed by atoms with van der Waals surface area (Å²) >= 11 is 6.01. The zero-order chi connectivity index (χ0) is 20.3. The molecule has 1 N–H and O–H groups in total. The molecule has 1 aliphatic heterocycles. The van der Waals surface area contributed by atoms with Crippen LogP contribution in [0.25, 0.3) is 0 Å². The lowest BCUT2D eigenvalue weighted by Crippen LogP contribution is -2.35. The highest BCUT2D eigenvalue weighted by molar-refractivity contribution is 7.89. The predicted molar refractivity (Wildman–Crippen MR) is 111 cm³/mol. The highest BCUT2D eigenvalue weighted by Crippen LogP contribution is 2.30. The molecule has 7 nitrogen and oxygen atoms in total. The van der Waals surface area contributed by atoms with Crippen molar-refractivity contribution in [1.29, 1.82) is 0 Å². The molecule has 2 heterocycles. The van der Waals surface area contributed by atoms with Gasteiger partial charge in [0.2, 0.25) is 10.0 Å². The molecule has 1 aliphatic rings. The third-order valence-corrected chi connectivity index (χ3v) is 6.85. The van der Waals surface area contributed by atoms with E-state index in [1.165, 1.54) is 16.6 Å². The molecular formula is C19H23ClN4O3S. The van der Waals surface area contributed by atoms with Gasteiger partial charge in [-0.1, -0.05) is 18.0 Å². The van der Waals surface area contributed by atoms with Crippen molar-refractivity contribution >= 4 is 38.9 Å². The number of aromatic nitrogens is 1. The van der Waals surface area contributed by atoms with Crippen LogP contribution in [0.5, 0.6) is 0 Å². The maximum atomic E-state index is 13.0. The molecule has 0 bridgehead atoms. The van der Waals surface area contributed by atoms with Crippen LogP contribution in [-0.4, -0.2) is 50.8 Å². The van der Waals surface area contributed by atoms with E-state index in [4.69, 9.17) is 11.6 Å². The first-order valence-corrected chi connectivity index (χ1v) is 10.9. The minimum atomic E-state index is -3.61. The first-order chi connectivity index (χ1) is 13.3. The lowest BCUT2D eigenvalue weighted by atomic mass is 10.2. The fourth-order valence-corrected chi connectivity index (χ4v) is 4.91. The van der Waals surface area contributed by atoms with Crippen LogP contribution < -0.4 is 10.2 Å². The van der Waals surface area contributed by atoms with Crippen molar-refractivity contribution in [2.45, 2.75) is 24.2 Å². The van der Waals surface area contributed by atoms with Gasteiger partial charge in [-0.05, 0) is 43.2 Å². The Kier molecular flexibility index (Phi) is 6.22. The number of benzene rings is 1. The Labute approximate surface area is 170 Å². The van der Waals surface area contributed by atoms with Crippen molar-refractivity contribution in [3.05, 3.63) is 47.2 Å². The van der Waals surface area contributed by atoms with Gasteiger partial charge in [-0.15, -0.1) is 0 Å². The molecule has 28 heavy (non-hydrogen) atoms. The van der Waals surface area contributed by atoms with Gasteiger partial charge in [-0.25, -0.2) is 13.4 Å². The molecule has 0 aliphatic carbocycles. The molecule has 0 spiro atoms. The van der Waals surface area contributed by atoms with E-state index in [2.05, 4.69) is 10.3 Å². The number of halogens is 1. The van der Waals surface area contributed by atoms with Crippen molar-refractivity contribution in [3.8, 4) is 0 Å². The lowest BCUT2D eigenvalue weighted by molar-refractivity contribution is 0.102. The van der Waals surface area contributed by atoms with Gasteiger partial charge in [-0.2, -0.15) is 4.31 Å². The first-order valence-electron chi connectivity index (χ1n) is 9.04. The Morgan fingerprint density at radius 3 is 2.54 bits per heavy atom. The second-order valence-corrected chi connectivity index (χ2v) is 9.13. The largest absolute Gasteiger partial charge is 0.376 e. The predicted octanol–water partition coefficient (Wildman–Crippen LogP) is 3.23. The maximum Gasteiger partial charge on any atom is 0.258 e. The summed E-state index contributed by atoms with van der Waals surface area (Å²) in [5.74, 6) is -0.450. The Hall–Kier alpha value is -2.16. The van der Waals surface area contributed by atoms with Crippen LogP contribution in [0.4, 0.5) is 11.4 Å². The number of pyridine rings is 1. The number of hydrogen-bond donors (Lipinski definition) is 1. The number of carbonyl (C=O) groups excluding carboxylic acids is 1. The highest BCUT2D eigenvalue weighted by atomic mass is 35.5. The SMILES string of the molecule is CN(C)c1ccc(S(=O)(=O)N2CCCCC2)cc1NC(=O)c1cccnc1Cl. The fraction of sp³-hybridized carbons (Fsp3) is 0.368. The Bertz CT molecular complexity index is 973. The molecule has 3 rings (SSSR count). The molecule has 0 saturated carbocycles. The molecule has 0 atom stereocenters. The van der Waals surface area contributed by atoms with Gasteiger partial charge < -0.3 is 10.2 Å². The van der Waals surface area contributed by atoms with Gasteiger partial charge in [-0.3, -0.25) is 4.79 Å². The second-order valence-electron chi connectivity index (χ2n) is 6.83. The van der Waals surface area contributed by atoms with Crippen molar-refractivity contribution in [2.24, 2.45) is 0 Å². The molecule has 1 saturated heterocycles. The van der Waals surface area contributed by atoms with Crippen molar-refractivity contribution in [3.63, 3.8) is 0 Å².